The molecule has 1 aromatic rings. The molecule has 0 heterocycles. The molecule has 0 aliphatic carbocycles. The number of nitrogens with one attached hydrogen (secondary N) is 1. The molecule has 0 aliphatic heterocycles. The molecule has 1 aromatic carbocycles. The minimum absolute atomic E-state index is 0.0714. The van der Waals surface area contributed by atoms with Crippen LogP contribution in [0.15, 0.2) is 24.3 Å². The average molecular weight is 292 g/mol. The number of carbonyl (C=O) groups is 3. The van der Waals surface area contributed by atoms with Crippen LogP contribution in [0.1, 0.15) is 41.0 Å². The van der Waals surface area contributed by atoms with Crippen molar-refractivity contribution in [1.29, 1.82) is 0 Å². The lowest BCUT2D eigenvalue weighted by Gasteiger charge is -2.18. The van der Waals surface area contributed by atoms with E-state index < -0.39 is 5.97 Å². The van der Waals surface area contributed by atoms with Crippen molar-refractivity contribution in [3.05, 3.63) is 35.4 Å². The molecule has 0 aromatic heterocycles. The Kier molecular flexibility index (Phi) is 6.39. The van der Waals surface area contributed by atoms with Crippen molar-refractivity contribution in [2.75, 3.05) is 19.6 Å². The van der Waals surface area contributed by atoms with Crippen LogP contribution < -0.4 is 5.32 Å². The highest BCUT2D eigenvalue weighted by Gasteiger charge is 2.13. The zero-order valence-electron chi connectivity index (χ0n) is 12.3. The molecule has 0 bridgehead atoms. The van der Waals surface area contributed by atoms with E-state index in [4.69, 9.17) is 5.11 Å². The summed E-state index contributed by atoms with van der Waals surface area (Å²) < 4.78 is 0. The number of hydrogen-bond acceptors (Lipinski definition) is 3. The number of aliphatic carboxylic acids is 1. The monoisotopic (exact) mass is 292 g/mol. The number of carbonyl (C=O) groups excluding carboxylic acids is 2. The predicted molar refractivity (Wildman–Crippen MR) is 78.3 cm³/mol. The van der Waals surface area contributed by atoms with Crippen LogP contribution in [0, 0.1) is 0 Å². The third-order valence-corrected chi connectivity index (χ3v) is 3.07. The van der Waals surface area contributed by atoms with Crippen molar-refractivity contribution in [3.8, 4) is 0 Å². The maximum Gasteiger partial charge on any atom is 0.305 e. The Hall–Kier alpha value is -2.37. The normalized spacial score (nSPS) is 10.0. The summed E-state index contributed by atoms with van der Waals surface area (Å²) >= 11 is 0. The van der Waals surface area contributed by atoms with Crippen LogP contribution in [-0.4, -0.2) is 47.4 Å². The van der Waals surface area contributed by atoms with E-state index in [-0.39, 0.29) is 24.8 Å². The van der Waals surface area contributed by atoms with Gasteiger partial charge < -0.3 is 15.3 Å². The van der Waals surface area contributed by atoms with Crippen LogP contribution in [0.5, 0.6) is 0 Å². The summed E-state index contributed by atoms with van der Waals surface area (Å²) in [6.07, 6.45) is -0.121. The molecule has 0 radical (unpaired) electrons. The number of benzene rings is 1. The molecule has 1 rings (SSSR count). The van der Waals surface area contributed by atoms with Crippen molar-refractivity contribution in [2.45, 2.75) is 20.3 Å². The predicted octanol–water partition coefficient (Wildman–Crippen LogP) is 1.37. The van der Waals surface area contributed by atoms with Crippen molar-refractivity contribution < 1.29 is 19.5 Å². The number of nitrogens with zero attached hydrogens (tertiary/aromatic N) is 1. The van der Waals surface area contributed by atoms with Crippen LogP contribution in [-0.2, 0) is 4.79 Å². The Balaban J connectivity index is 2.67. The van der Waals surface area contributed by atoms with Gasteiger partial charge in [-0.1, -0.05) is 0 Å². The van der Waals surface area contributed by atoms with Gasteiger partial charge in [0.1, 0.15) is 0 Å². The molecule has 6 nitrogen and oxygen atoms in total. The molecule has 21 heavy (non-hydrogen) atoms. The second kappa shape index (κ2) is 8.04. The summed E-state index contributed by atoms with van der Waals surface area (Å²) in [5, 5.41) is 11.0. The second-order valence-electron chi connectivity index (χ2n) is 4.45. The average Bonchev–Trinajstić information content (AvgIpc) is 2.48. The second-order valence-corrected chi connectivity index (χ2v) is 4.45. The SMILES string of the molecule is CCN(CC)C(=O)c1ccc(C(=O)NCCC(=O)O)cc1. The molecule has 0 spiro atoms. The highest BCUT2D eigenvalue weighted by molar-refractivity contribution is 5.97. The van der Waals surface area contributed by atoms with Gasteiger partial charge in [0.05, 0.1) is 6.42 Å². The fraction of sp³-hybridized carbons (Fsp3) is 0.400. The number of carboxylic acids is 1. The summed E-state index contributed by atoms with van der Waals surface area (Å²) in [5.41, 5.74) is 0.928. The molecule has 0 atom stereocenters. The van der Waals surface area contributed by atoms with E-state index >= 15 is 0 Å². The number of hydrogen-bond donors (Lipinski definition) is 2. The Labute approximate surface area is 123 Å². The van der Waals surface area contributed by atoms with E-state index in [9.17, 15) is 14.4 Å². The summed E-state index contributed by atoms with van der Waals surface area (Å²) in [5.74, 6) is -1.38. The van der Waals surface area contributed by atoms with Crippen LogP contribution in [0.25, 0.3) is 0 Å². The third kappa shape index (κ3) is 4.91. The molecule has 0 saturated carbocycles. The Bertz CT molecular complexity index is 507. The molecular weight excluding hydrogens is 272 g/mol. The van der Waals surface area contributed by atoms with Gasteiger partial charge in [0, 0.05) is 30.8 Å². The van der Waals surface area contributed by atoms with E-state index in [0.717, 1.165) is 0 Å². The van der Waals surface area contributed by atoms with E-state index in [1.54, 1.807) is 29.2 Å². The molecule has 0 aliphatic rings. The van der Waals surface area contributed by atoms with Gasteiger partial charge in [0.15, 0.2) is 0 Å². The van der Waals surface area contributed by atoms with Crippen molar-refractivity contribution in [2.24, 2.45) is 0 Å². The van der Waals surface area contributed by atoms with Gasteiger partial charge in [0.2, 0.25) is 0 Å². The Morgan fingerprint density at radius 3 is 2.05 bits per heavy atom. The van der Waals surface area contributed by atoms with Crippen molar-refractivity contribution >= 4 is 17.8 Å². The lowest BCUT2D eigenvalue weighted by molar-refractivity contribution is -0.136. The third-order valence-electron chi connectivity index (χ3n) is 3.07. The van der Waals surface area contributed by atoms with E-state index in [1.165, 1.54) is 0 Å². The quantitative estimate of drug-likeness (QED) is 0.794. The van der Waals surface area contributed by atoms with E-state index in [2.05, 4.69) is 5.32 Å². The molecule has 114 valence electrons. The smallest absolute Gasteiger partial charge is 0.305 e. The first kappa shape index (κ1) is 16.7. The maximum atomic E-state index is 12.1. The highest BCUT2D eigenvalue weighted by atomic mass is 16.4. The molecular formula is C15H20N2O4. The van der Waals surface area contributed by atoms with Gasteiger partial charge in [-0.3, -0.25) is 14.4 Å². The van der Waals surface area contributed by atoms with Crippen molar-refractivity contribution in [1.82, 2.24) is 10.2 Å². The van der Waals surface area contributed by atoms with Gasteiger partial charge in [-0.2, -0.15) is 0 Å². The Morgan fingerprint density at radius 1 is 1.05 bits per heavy atom. The summed E-state index contributed by atoms with van der Waals surface area (Å²) in [7, 11) is 0. The summed E-state index contributed by atoms with van der Waals surface area (Å²) in [4.78, 5) is 35.9. The fourth-order valence-electron chi connectivity index (χ4n) is 1.84. The molecule has 2 amide bonds. The fourth-order valence-corrected chi connectivity index (χ4v) is 1.84. The number of rotatable bonds is 7. The van der Waals surface area contributed by atoms with Gasteiger partial charge in [-0.15, -0.1) is 0 Å². The van der Waals surface area contributed by atoms with Crippen LogP contribution in [0.3, 0.4) is 0 Å². The van der Waals surface area contributed by atoms with Gasteiger partial charge >= 0.3 is 5.97 Å². The topological polar surface area (TPSA) is 86.7 Å². The minimum Gasteiger partial charge on any atom is -0.481 e. The van der Waals surface area contributed by atoms with Gasteiger partial charge in [0.25, 0.3) is 11.8 Å². The molecule has 0 fully saturated rings. The number of amides is 2. The number of carboxylic acid groups (broad SMARTS) is 1. The van der Waals surface area contributed by atoms with Gasteiger partial charge in [-0.05, 0) is 38.1 Å². The lowest BCUT2D eigenvalue weighted by Crippen LogP contribution is -2.30. The van der Waals surface area contributed by atoms with Crippen molar-refractivity contribution in [3.63, 3.8) is 0 Å². The van der Waals surface area contributed by atoms with Crippen LogP contribution in [0.2, 0.25) is 0 Å². The molecule has 2 N–H and O–H groups in total. The first-order valence-electron chi connectivity index (χ1n) is 6.88. The Morgan fingerprint density at radius 2 is 1.57 bits per heavy atom. The molecule has 0 unspecified atom stereocenters. The lowest BCUT2D eigenvalue weighted by atomic mass is 10.1. The molecule has 0 saturated heterocycles. The summed E-state index contributed by atoms with van der Waals surface area (Å²) in [6.45, 7) is 5.16. The maximum absolute atomic E-state index is 12.1. The zero-order chi connectivity index (χ0) is 15.8. The first-order valence-corrected chi connectivity index (χ1v) is 6.88. The zero-order valence-corrected chi connectivity index (χ0v) is 12.3. The van der Waals surface area contributed by atoms with Gasteiger partial charge in [-0.25, -0.2) is 0 Å². The van der Waals surface area contributed by atoms with Crippen LogP contribution >= 0.6 is 0 Å². The summed E-state index contributed by atoms with van der Waals surface area (Å²) in [6, 6.07) is 6.33. The standard InChI is InChI=1S/C15H20N2O4/c1-3-17(4-2)15(21)12-7-5-11(6-8-12)14(20)16-10-9-13(18)19/h5-8H,3-4,9-10H2,1-2H3,(H,16,20)(H,18,19). The first-order chi connectivity index (χ1) is 9.99. The molecule has 6 heteroatoms. The minimum atomic E-state index is -0.963. The highest BCUT2D eigenvalue weighted by Crippen LogP contribution is 2.08. The van der Waals surface area contributed by atoms with Crippen LogP contribution in [0.4, 0.5) is 0 Å². The van der Waals surface area contributed by atoms with E-state index in [1.807, 2.05) is 13.8 Å². The van der Waals surface area contributed by atoms with E-state index in [0.29, 0.717) is 24.2 Å². The largest absolute Gasteiger partial charge is 0.481 e.